The Labute approximate surface area is 128 Å². The Hall–Kier alpha value is -0.780. The number of hydrogen-bond donors (Lipinski definition) is 2. The van der Waals surface area contributed by atoms with Crippen LogP contribution in [0.25, 0.3) is 0 Å². The third-order valence-corrected chi connectivity index (χ3v) is 2.82. The van der Waals surface area contributed by atoms with Crippen molar-refractivity contribution in [1.29, 1.82) is 0 Å². The maximum Gasteiger partial charge on any atom is 0.223 e. The Bertz CT molecular complexity index is 408. The number of nitrogens with two attached hydrogens (primary N) is 1. The van der Waals surface area contributed by atoms with Gasteiger partial charge in [0, 0.05) is 12.1 Å². The van der Waals surface area contributed by atoms with E-state index >= 15 is 0 Å². The monoisotopic (exact) mass is 350 g/mol. The van der Waals surface area contributed by atoms with Gasteiger partial charge in [-0.1, -0.05) is 12.1 Å². The van der Waals surface area contributed by atoms with Crippen LogP contribution in [0, 0.1) is 0 Å². The number of carbonyl (C=O) groups excluding carboxylic acids is 1. The Kier molecular flexibility index (Phi) is 8.06. The number of amides is 1. The van der Waals surface area contributed by atoms with Crippen molar-refractivity contribution in [1.82, 2.24) is 5.32 Å². The van der Waals surface area contributed by atoms with E-state index in [1.54, 1.807) is 0 Å². The minimum Gasteiger partial charge on any atom is -0.492 e. The summed E-state index contributed by atoms with van der Waals surface area (Å²) in [6.07, 6.45) is 0.317. The average Bonchev–Trinajstić information content (AvgIpc) is 2.28. The lowest BCUT2D eigenvalue weighted by Crippen LogP contribution is -2.45. The molecule has 0 aliphatic heterocycles. The van der Waals surface area contributed by atoms with Crippen molar-refractivity contribution in [2.45, 2.75) is 25.8 Å². The van der Waals surface area contributed by atoms with Crippen molar-refractivity contribution in [2.24, 2.45) is 5.73 Å². The third-order valence-electron chi connectivity index (χ3n) is 2.16. The SMILES string of the molecule is CC(C)(N)CNC(=O)CCOc1ccccc1Br.Cl. The molecule has 6 heteroatoms. The Morgan fingerprint density at radius 1 is 1.42 bits per heavy atom. The lowest BCUT2D eigenvalue weighted by molar-refractivity contribution is -0.121. The molecule has 108 valence electrons. The van der Waals surface area contributed by atoms with Crippen molar-refractivity contribution >= 4 is 34.2 Å². The topological polar surface area (TPSA) is 64.3 Å². The highest BCUT2D eigenvalue weighted by atomic mass is 79.9. The fourth-order valence-corrected chi connectivity index (χ4v) is 1.63. The van der Waals surface area contributed by atoms with Crippen molar-refractivity contribution < 1.29 is 9.53 Å². The zero-order chi connectivity index (χ0) is 13.6. The van der Waals surface area contributed by atoms with E-state index < -0.39 is 0 Å². The molecule has 19 heavy (non-hydrogen) atoms. The number of hydrogen-bond acceptors (Lipinski definition) is 3. The number of halogens is 2. The number of ether oxygens (including phenoxy) is 1. The summed E-state index contributed by atoms with van der Waals surface area (Å²) in [5.74, 6) is 0.685. The van der Waals surface area contributed by atoms with Gasteiger partial charge in [-0.3, -0.25) is 4.79 Å². The Morgan fingerprint density at radius 2 is 2.05 bits per heavy atom. The molecule has 0 heterocycles. The standard InChI is InChI=1S/C13H19BrN2O2.ClH/c1-13(2,15)9-16-12(17)7-8-18-11-6-4-3-5-10(11)14;/h3-6H,7-9,15H2,1-2H3,(H,16,17);1H. The molecule has 1 aromatic carbocycles. The van der Waals surface area contributed by atoms with Crippen LogP contribution in [0.5, 0.6) is 5.75 Å². The molecule has 0 aliphatic rings. The zero-order valence-electron chi connectivity index (χ0n) is 11.1. The molecule has 3 N–H and O–H groups in total. The van der Waals surface area contributed by atoms with Gasteiger partial charge in [0.2, 0.25) is 5.91 Å². The molecular weight excluding hydrogens is 332 g/mol. The van der Waals surface area contributed by atoms with Crippen LogP contribution in [0.4, 0.5) is 0 Å². The van der Waals surface area contributed by atoms with Gasteiger partial charge in [0.05, 0.1) is 17.5 Å². The van der Waals surface area contributed by atoms with Gasteiger partial charge in [-0.15, -0.1) is 12.4 Å². The van der Waals surface area contributed by atoms with Crippen LogP contribution in [0.2, 0.25) is 0 Å². The molecule has 1 rings (SSSR count). The molecule has 0 unspecified atom stereocenters. The number of benzene rings is 1. The van der Waals surface area contributed by atoms with E-state index in [0.717, 1.165) is 10.2 Å². The highest BCUT2D eigenvalue weighted by molar-refractivity contribution is 9.10. The van der Waals surface area contributed by atoms with Crippen LogP contribution in [-0.4, -0.2) is 24.6 Å². The van der Waals surface area contributed by atoms with Gasteiger partial charge in [-0.25, -0.2) is 0 Å². The van der Waals surface area contributed by atoms with Gasteiger partial charge in [-0.2, -0.15) is 0 Å². The summed E-state index contributed by atoms with van der Waals surface area (Å²) >= 11 is 3.38. The van der Waals surface area contributed by atoms with Crippen molar-refractivity contribution in [3.05, 3.63) is 28.7 Å². The van der Waals surface area contributed by atoms with E-state index in [2.05, 4.69) is 21.2 Å². The summed E-state index contributed by atoms with van der Waals surface area (Å²) in [6.45, 7) is 4.54. The van der Waals surface area contributed by atoms with Gasteiger partial charge >= 0.3 is 0 Å². The van der Waals surface area contributed by atoms with Crippen LogP contribution in [0.15, 0.2) is 28.7 Å². The Balaban J connectivity index is 0.00000324. The van der Waals surface area contributed by atoms with Gasteiger partial charge in [0.15, 0.2) is 0 Å². The molecular formula is C13H20BrClN2O2. The lowest BCUT2D eigenvalue weighted by Gasteiger charge is -2.18. The van der Waals surface area contributed by atoms with E-state index in [0.29, 0.717) is 19.6 Å². The summed E-state index contributed by atoms with van der Waals surface area (Å²) in [5, 5.41) is 2.77. The van der Waals surface area contributed by atoms with E-state index in [1.807, 2.05) is 38.1 Å². The second-order valence-electron chi connectivity index (χ2n) is 4.79. The predicted octanol–water partition coefficient (Wildman–Crippen LogP) is 2.49. The highest BCUT2D eigenvalue weighted by Gasteiger charge is 2.12. The maximum atomic E-state index is 11.5. The molecule has 0 aliphatic carbocycles. The lowest BCUT2D eigenvalue weighted by atomic mass is 10.1. The zero-order valence-corrected chi connectivity index (χ0v) is 13.5. The molecule has 0 spiro atoms. The first-order valence-corrected chi connectivity index (χ1v) is 6.61. The van der Waals surface area contributed by atoms with Crippen molar-refractivity contribution in [2.75, 3.05) is 13.2 Å². The fraction of sp³-hybridized carbons (Fsp3) is 0.462. The van der Waals surface area contributed by atoms with E-state index in [-0.39, 0.29) is 23.9 Å². The van der Waals surface area contributed by atoms with Gasteiger partial charge in [0.25, 0.3) is 0 Å². The summed E-state index contributed by atoms with van der Waals surface area (Å²) in [5.41, 5.74) is 5.38. The molecule has 4 nitrogen and oxygen atoms in total. The second-order valence-corrected chi connectivity index (χ2v) is 5.65. The minimum atomic E-state index is -0.390. The maximum absolute atomic E-state index is 11.5. The fourth-order valence-electron chi connectivity index (χ4n) is 1.23. The van der Waals surface area contributed by atoms with Crippen LogP contribution >= 0.6 is 28.3 Å². The minimum absolute atomic E-state index is 0. The van der Waals surface area contributed by atoms with Gasteiger partial charge in [0.1, 0.15) is 5.75 Å². The molecule has 1 aromatic rings. The summed E-state index contributed by atoms with van der Waals surface area (Å²) < 4.78 is 6.38. The van der Waals surface area contributed by atoms with Crippen LogP contribution in [-0.2, 0) is 4.79 Å². The first-order valence-electron chi connectivity index (χ1n) is 5.81. The first kappa shape index (κ1) is 18.2. The number of carbonyl (C=O) groups is 1. The number of nitrogens with one attached hydrogen (secondary N) is 1. The molecule has 0 bridgehead atoms. The normalized spacial score (nSPS) is 10.5. The molecule has 0 saturated heterocycles. The van der Waals surface area contributed by atoms with Crippen molar-refractivity contribution in [3.8, 4) is 5.75 Å². The van der Waals surface area contributed by atoms with Crippen molar-refractivity contribution in [3.63, 3.8) is 0 Å². The summed E-state index contributed by atoms with van der Waals surface area (Å²) in [6, 6.07) is 7.54. The van der Waals surface area contributed by atoms with Crippen LogP contribution in [0.3, 0.4) is 0 Å². The van der Waals surface area contributed by atoms with E-state index in [1.165, 1.54) is 0 Å². The highest BCUT2D eigenvalue weighted by Crippen LogP contribution is 2.23. The molecule has 0 saturated carbocycles. The first-order chi connectivity index (χ1) is 8.38. The molecule has 1 amide bonds. The quantitative estimate of drug-likeness (QED) is 0.827. The summed E-state index contributed by atoms with van der Waals surface area (Å²) in [7, 11) is 0. The predicted molar refractivity (Wildman–Crippen MR) is 82.8 cm³/mol. The molecule has 0 atom stereocenters. The molecule has 0 radical (unpaired) electrons. The van der Waals surface area contributed by atoms with Gasteiger partial charge < -0.3 is 15.8 Å². The van der Waals surface area contributed by atoms with Crippen LogP contribution < -0.4 is 15.8 Å². The second kappa shape index (κ2) is 8.40. The average molecular weight is 352 g/mol. The Morgan fingerprint density at radius 3 is 2.63 bits per heavy atom. The van der Waals surface area contributed by atoms with E-state index in [4.69, 9.17) is 10.5 Å². The molecule has 0 aromatic heterocycles. The largest absolute Gasteiger partial charge is 0.492 e. The number of rotatable bonds is 6. The summed E-state index contributed by atoms with van der Waals surface area (Å²) in [4.78, 5) is 11.5. The van der Waals surface area contributed by atoms with Crippen LogP contribution in [0.1, 0.15) is 20.3 Å². The van der Waals surface area contributed by atoms with Gasteiger partial charge in [-0.05, 0) is 41.9 Å². The third kappa shape index (κ3) is 8.08. The number of para-hydroxylation sites is 1. The molecule has 0 fully saturated rings. The smallest absolute Gasteiger partial charge is 0.223 e. The van der Waals surface area contributed by atoms with E-state index in [9.17, 15) is 4.79 Å².